The van der Waals surface area contributed by atoms with Crippen LogP contribution in [0.2, 0.25) is 0 Å². The van der Waals surface area contributed by atoms with Gasteiger partial charge in [0.25, 0.3) is 0 Å². The third-order valence-corrected chi connectivity index (χ3v) is 5.87. The molecule has 0 amide bonds. The van der Waals surface area contributed by atoms with Gasteiger partial charge in [0, 0.05) is 41.6 Å². The molecular formula is C22H20N2O. The summed E-state index contributed by atoms with van der Waals surface area (Å²) in [7, 11) is 0. The third-order valence-electron chi connectivity index (χ3n) is 5.87. The van der Waals surface area contributed by atoms with Crippen molar-refractivity contribution in [1.82, 2.24) is 9.97 Å². The first-order valence-electron chi connectivity index (χ1n) is 8.88. The van der Waals surface area contributed by atoms with Gasteiger partial charge >= 0.3 is 0 Å². The van der Waals surface area contributed by atoms with Crippen LogP contribution in [0.3, 0.4) is 0 Å². The van der Waals surface area contributed by atoms with E-state index >= 15 is 0 Å². The number of nitrogens with zero attached hydrogens (tertiary/aromatic N) is 1. The van der Waals surface area contributed by atoms with Gasteiger partial charge in [0.05, 0.1) is 5.69 Å². The molecule has 0 saturated heterocycles. The zero-order chi connectivity index (χ0) is 17.0. The number of hydrogen-bond acceptors (Lipinski definition) is 2. The number of ketones is 1. The van der Waals surface area contributed by atoms with E-state index in [-0.39, 0.29) is 11.3 Å². The van der Waals surface area contributed by atoms with Gasteiger partial charge in [-0.1, -0.05) is 37.3 Å². The molecule has 3 heteroatoms. The van der Waals surface area contributed by atoms with Crippen LogP contribution in [0.25, 0.3) is 11.3 Å². The zero-order valence-electron chi connectivity index (χ0n) is 14.3. The molecular weight excluding hydrogens is 308 g/mol. The number of benzene rings is 1. The molecule has 0 spiro atoms. The smallest absolute Gasteiger partial charge is 0.168 e. The van der Waals surface area contributed by atoms with Crippen molar-refractivity contribution >= 4 is 5.78 Å². The minimum atomic E-state index is 0.175. The lowest BCUT2D eigenvalue weighted by Gasteiger charge is -2.17. The number of rotatable bonds is 3. The van der Waals surface area contributed by atoms with E-state index in [4.69, 9.17) is 0 Å². The molecule has 2 heterocycles. The molecule has 0 radical (unpaired) electrons. The number of aromatic amines is 1. The Labute approximate surface area is 147 Å². The maximum atomic E-state index is 13.1. The molecule has 2 atom stereocenters. The van der Waals surface area contributed by atoms with Gasteiger partial charge in [-0.25, -0.2) is 0 Å². The maximum absolute atomic E-state index is 13.1. The fourth-order valence-corrected chi connectivity index (χ4v) is 4.36. The summed E-state index contributed by atoms with van der Waals surface area (Å²) in [6.07, 6.45) is 6.40. The van der Waals surface area contributed by atoms with E-state index in [0.29, 0.717) is 5.78 Å². The van der Waals surface area contributed by atoms with Crippen LogP contribution in [0.15, 0.2) is 54.9 Å². The fraction of sp³-hybridized carbons (Fsp3) is 0.273. The first-order chi connectivity index (χ1) is 12.2. The van der Waals surface area contributed by atoms with Crippen molar-refractivity contribution < 1.29 is 4.79 Å². The Morgan fingerprint density at radius 2 is 1.92 bits per heavy atom. The summed E-state index contributed by atoms with van der Waals surface area (Å²) >= 11 is 0. The average Bonchev–Trinajstić information content (AvgIpc) is 3.20. The van der Waals surface area contributed by atoms with Crippen LogP contribution in [-0.2, 0) is 12.8 Å². The Balaban J connectivity index is 1.68. The summed E-state index contributed by atoms with van der Waals surface area (Å²) in [4.78, 5) is 20.8. The molecule has 2 aliphatic carbocycles. The minimum Gasteiger partial charge on any atom is -0.358 e. The largest absolute Gasteiger partial charge is 0.358 e. The number of carbonyl (C=O) groups excluding carboxylic acids is 1. The summed E-state index contributed by atoms with van der Waals surface area (Å²) in [6.45, 7) is 2.24. The molecule has 2 aliphatic rings. The van der Waals surface area contributed by atoms with Gasteiger partial charge < -0.3 is 4.98 Å². The van der Waals surface area contributed by atoms with Gasteiger partial charge in [0.2, 0.25) is 0 Å². The van der Waals surface area contributed by atoms with Gasteiger partial charge in [-0.3, -0.25) is 9.78 Å². The number of fused-ring (bicyclic) bond motifs is 2. The topological polar surface area (TPSA) is 45.8 Å². The molecule has 3 aromatic rings. The van der Waals surface area contributed by atoms with Crippen LogP contribution >= 0.6 is 0 Å². The summed E-state index contributed by atoms with van der Waals surface area (Å²) in [5, 5.41) is 0. The predicted molar refractivity (Wildman–Crippen MR) is 97.5 cm³/mol. The normalized spacial score (nSPS) is 23.9. The second kappa shape index (κ2) is 5.16. The van der Waals surface area contributed by atoms with Crippen LogP contribution in [0.4, 0.5) is 0 Å². The fourth-order valence-electron chi connectivity index (χ4n) is 4.36. The van der Waals surface area contributed by atoms with Gasteiger partial charge in [0.15, 0.2) is 5.78 Å². The van der Waals surface area contributed by atoms with E-state index in [1.165, 1.54) is 5.56 Å². The molecule has 0 bridgehead atoms. The molecule has 124 valence electrons. The number of carbonyl (C=O) groups is 1. The van der Waals surface area contributed by atoms with Crippen molar-refractivity contribution in [3.05, 3.63) is 77.2 Å². The quantitative estimate of drug-likeness (QED) is 0.773. The van der Waals surface area contributed by atoms with E-state index in [9.17, 15) is 4.79 Å². The van der Waals surface area contributed by atoms with E-state index < -0.39 is 0 Å². The zero-order valence-corrected chi connectivity index (χ0v) is 14.3. The Morgan fingerprint density at radius 1 is 1.16 bits per heavy atom. The Bertz CT molecular complexity index is 958. The van der Waals surface area contributed by atoms with Gasteiger partial charge in [0.1, 0.15) is 0 Å². The lowest BCUT2D eigenvalue weighted by Crippen LogP contribution is -2.20. The van der Waals surface area contributed by atoms with Crippen molar-refractivity contribution in [3.63, 3.8) is 0 Å². The summed E-state index contributed by atoms with van der Waals surface area (Å²) in [5.74, 6) is 0.557. The minimum absolute atomic E-state index is 0.175. The molecule has 1 N–H and O–H groups in total. The highest BCUT2D eigenvalue weighted by atomic mass is 16.1. The Hall–Kier alpha value is -2.68. The van der Waals surface area contributed by atoms with Crippen LogP contribution in [-0.4, -0.2) is 15.8 Å². The lowest BCUT2D eigenvalue weighted by molar-refractivity contribution is 0.0939. The number of aromatic nitrogens is 2. The first-order valence-corrected chi connectivity index (χ1v) is 8.88. The lowest BCUT2D eigenvalue weighted by atomic mass is 9.84. The van der Waals surface area contributed by atoms with Gasteiger partial charge in [-0.15, -0.1) is 0 Å². The van der Waals surface area contributed by atoms with Crippen molar-refractivity contribution in [2.24, 2.45) is 11.3 Å². The second-order valence-electron chi connectivity index (χ2n) is 7.68. The summed E-state index contributed by atoms with van der Waals surface area (Å²) < 4.78 is 0. The Kier molecular flexibility index (Phi) is 3.02. The second-order valence-corrected chi connectivity index (χ2v) is 7.68. The summed E-state index contributed by atoms with van der Waals surface area (Å²) in [6, 6.07) is 14.4. The van der Waals surface area contributed by atoms with E-state index in [0.717, 1.165) is 47.3 Å². The number of nitrogens with one attached hydrogen (secondary N) is 1. The maximum Gasteiger partial charge on any atom is 0.168 e. The van der Waals surface area contributed by atoms with E-state index in [1.54, 1.807) is 0 Å². The third kappa shape index (κ3) is 2.26. The number of Topliss-reactive ketones (excluding diaryl/α,β-unsaturated/α-hetero) is 1. The van der Waals surface area contributed by atoms with Crippen LogP contribution < -0.4 is 0 Å². The highest BCUT2D eigenvalue weighted by molar-refractivity contribution is 6.05. The van der Waals surface area contributed by atoms with Crippen molar-refractivity contribution in [3.8, 4) is 11.3 Å². The van der Waals surface area contributed by atoms with Gasteiger partial charge in [-0.2, -0.15) is 0 Å². The van der Waals surface area contributed by atoms with Crippen molar-refractivity contribution in [2.45, 2.75) is 26.2 Å². The van der Waals surface area contributed by atoms with Crippen molar-refractivity contribution in [2.75, 3.05) is 0 Å². The number of hydrogen-bond donors (Lipinski definition) is 1. The highest BCUT2D eigenvalue weighted by Gasteiger charge is 2.58. The molecule has 1 fully saturated rings. The first kappa shape index (κ1) is 14.6. The molecule has 1 saturated carbocycles. The average molecular weight is 328 g/mol. The SMILES string of the molecule is C[C@]12Cc3[nH]c(-c4ccncc4)c(Cc4ccccc4)c3C(=O)[C@H]1C2. The van der Waals surface area contributed by atoms with Crippen LogP contribution in [0.5, 0.6) is 0 Å². The van der Waals surface area contributed by atoms with Gasteiger partial charge in [-0.05, 0) is 41.5 Å². The monoisotopic (exact) mass is 328 g/mol. The summed E-state index contributed by atoms with van der Waals surface area (Å²) in [5.41, 5.74) is 6.81. The molecule has 2 aromatic heterocycles. The molecule has 1 aromatic carbocycles. The number of H-pyrrole nitrogens is 1. The molecule has 3 nitrogen and oxygen atoms in total. The predicted octanol–water partition coefficient (Wildman–Crippen LogP) is 4.43. The standard InChI is InChI=1S/C22H20N2O/c1-22-12-17(22)21(25)19-16(11-14-5-3-2-4-6-14)20(24-18(19)13-22)15-7-9-23-10-8-15/h2-10,17,24H,11-13H2,1H3/t17-,22+/m1/s1. The van der Waals surface area contributed by atoms with E-state index in [1.807, 2.05) is 30.6 Å². The molecule has 25 heavy (non-hydrogen) atoms. The molecule has 5 rings (SSSR count). The number of pyridine rings is 1. The molecule has 0 unspecified atom stereocenters. The van der Waals surface area contributed by atoms with E-state index in [2.05, 4.69) is 41.2 Å². The highest BCUT2D eigenvalue weighted by Crippen LogP contribution is 2.59. The Morgan fingerprint density at radius 3 is 2.68 bits per heavy atom. The van der Waals surface area contributed by atoms with Crippen LogP contribution in [0.1, 0.15) is 40.5 Å². The van der Waals surface area contributed by atoms with Crippen LogP contribution in [0, 0.1) is 11.3 Å². The van der Waals surface area contributed by atoms with Crippen molar-refractivity contribution in [1.29, 1.82) is 0 Å². The molecule has 0 aliphatic heterocycles.